The first-order valence-electron chi connectivity index (χ1n) is 5.52. The molecule has 5 heteroatoms. The van der Waals surface area contributed by atoms with Gasteiger partial charge in [0.15, 0.2) is 5.76 Å². The Hall–Kier alpha value is -2.30. The van der Waals surface area contributed by atoms with Crippen LogP contribution in [0.4, 0.5) is 0 Å². The fraction of sp³-hybridized carbons (Fsp3) is 0.231. The lowest BCUT2D eigenvalue weighted by Gasteiger charge is -2.08. The van der Waals surface area contributed by atoms with Crippen LogP contribution in [0.25, 0.3) is 11.3 Å². The van der Waals surface area contributed by atoms with Crippen LogP contribution < -0.4 is 4.74 Å². The Bertz CT molecular complexity index is 574. The van der Waals surface area contributed by atoms with Gasteiger partial charge in [0.25, 0.3) is 0 Å². The van der Waals surface area contributed by atoms with Crippen LogP contribution in [0.2, 0.25) is 0 Å². The predicted octanol–water partition coefficient (Wildman–Crippen LogP) is 2.61. The van der Waals surface area contributed by atoms with Gasteiger partial charge in [0.2, 0.25) is 0 Å². The summed E-state index contributed by atoms with van der Waals surface area (Å²) in [7, 11) is 1.53. The van der Waals surface area contributed by atoms with Crippen LogP contribution in [-0.2, 0) is 6.42 Å². The number of hydrogen-bond acceptors (Lipinski definition) is 4. The van der Waals surface area contributed by atoms with Crippen molar-refractivity contribution in [1.29, 1.82) is 0 Å². The average Bonchev–Trinajstić information content (AvgIpc) is 2.87. The number of benzene rings is 1. The lowest BCUT2D eigenvalue weighted by Crippen LogP contribution is -1.97. The molecule has 1 aromatic carbocycles. The molecule has 0 unspecified atom stereocenters. The number of carboxylic acids is 1. The third-order valence-corrected chi connectivity index (χ3v) is 2.72. The first-order chi connectivity index (χ1) is 8.67. The number of ether oxygens (including phenoxy) is 1. The van der Waals surface area contributed by atoms with E-state index in [4.69, 9.17) is 14.4 Å². The molecule has 2 rings (SSSR count). The highest BCUT2D eigenvalue weighted by Gasteiger charge is 2.20. The molecule has 18 heavy (non-hydrogen) atoms. The maximum Gasteiger partial charge on any atom is 0.341 e. The largest absolute Gasteiger partial charge is 0.496 e. The first-order valence-corrected chi connectivity index (χ1v) is 5.52. The molecule has 0 bridgehead atoms. The smallest absolute Gasteiger partial charge is 0.341 e. The minimum absolute atomic E-state index is 0.0292. The van der Waals surface area contributed by atoms with E-state index < -0.39 is 5.97 Å². The van der Waals surface area contributed by atoms with Gasteiger partial charge in [-0.05, 0) is 24.1 Å². The Balaban J connectivity index is 2.61. The van der Waals surface area contributed by atoms with Crippen LogP contribution in [0.1, 0.15) is 22.8 Å². The summed E-state index contributed by atoms with van der Waals surface area (Å²) in [4.78, 5) is 11.1. The molecule has 0 spiro atoms. The molecule has 0 amide bonds. The van der Waals surface area contributed by atoms with Crippen molar-refractivity contribution in [2.75, 3.05) is 7.11 Å². The lowest BCUT2D eigenvalue weighted by molar-refractivity contribution is 0.0697. The molecular formula is C13H13NO4. The van der Waals surface area contributed by atoms with Crippen molar-refractivity contribution >= 4 is 5.97 Å². The molecule has 0 aliphatic heterocycles. The molecule has 0 aliphatic carbocycles. The van der Waals surface area contributed by atoms with E-state index in [9.17, 15) is 4.79 Å². The molecule has 0 saturated heterocycles. The van der Waals surface area contributed by atoms with Crippen molar-refractivity contribution in [2.45, 2.75) is 13.3 Å². The molecule has 2 aromatic rings. The van der Waals surface area contributed by atoms with Crippen LogP contribution in [0, 0.1) is 0 Å². The van der Waals surface area contributed by atoms with E-state index in [1.54, 1.807) is 6.07 Å². The maximum atomic E-state index is 11.1. The molecule has 0 aliphatic rings. The van der Waals surface area contributed by atoms with Gasteiger partial charge in [-0.25, -0.2) is 4.79 Å². The van der Waals surface area contributed by atoms with Crippen LogP contribution in [0.5, 0.6) is 5.75 Å². The summed E-state index contributed by atoms with van der Waals surface area (Å²) in [5.41, 5.74) is 1.70. The fourth-order valence-electron chi connectivity index (χ4n) is 1.74. The molecule has 0 atom stereocenters. The number of methoxy groups -OCH3 is 1. The lowest BCUT2D eigenvalue weighted by atomic mass is 10.0. The number of aromatic nitrogens is 1. The van der Waals surface area contributed by atoms with Crippen molar-refractivity contribution in [3.8, 4) is 17.1 Å². The highest BCUT2D eigenvalue weighted by molar-refractivity contribution is 5.94. The van der Waals surface area contributed by atoms with Gasteiger partial charge in [-0.2, -0.15) is 0 Å². The SMILES string of the molecule is CCc1ccc(OC)c(-c2oncc2C(=O)O)c1. The highest BCUT2D eigenvalue weighted by Crippen LogP contribution is 2.33. The second kappa shape index (κ2) is 4.91. The number of rotatable bonds is 4. The number of carbonyl (C=O) groups is 1. The Kier molecular flexibility index (Phi) is 3.32. The molecule has 5 nitrogen and oxygen atoms in total. The molecule has 1 N–H and O–H groups in total. The zero-order chi connectivity index (χ0) is 13.1. The Labute approximate surface area is 104 Å². The van der Waals surface area contributed by atoms with Gasteiger partial charge >= 0.3 is 5.97 Å². The number of nitrogens with zero attached hydrogens (tertiary/aromatic N) is 1. The number of hydrogen-bond donors (Lipinski definition) is 1. The van der Waals surface area contributed by atoms with Crippen molar-refractivity contribution in [2.24, 2.45) is 0 Å². The van der Waals surface area contributed by atoms with E-state index >= 15 is 0 Å². The van der Waals surface area contributed by atoms with Crippen LogP contribution in [-0.4, -0.2) is 23.3 Å². The van der Waals surface area contributed by atoms with Crippen molar-refractivity contribution < 1.29 is 19.2 Å². The third kappa shape index (κ3) is 2.07. The summed E-state index contributed by atoms with van der Waals surface area (Å²) < 4.78 is 10.3. The summed E-state index contributed by atoms with van der Waals surface area (Å²) >= 11 is 0. The van der Waals surface area contributed by atoms with Gasteiger partial charge in [-0.3, -0.25) is 0 Å². The summed E-state index contributed by atoms with van der Waals surface area (Å²) in [6.45, 7) is 2.02. The van der Waals surface area contributed by atoms with Gasteiger partial charge in [-0.15, -0.1) is 0 Å². The van der Waals surface area contributed by atoms with E-state index in [1.165, 1.54) is 13.3 Å². The third-order valence-electron chi connectivity index (χ3n) is 2.72. The molecule has 0 radical (unpaired) electrons. The van der Waals surface area contributed by atoms with Gasteiger partial charge in [0.1, 0.15) is 11.3 Å². The first kappa shape index (κ1) is 12.2. The minimum Gasteiger partial charge on any atom is -0.496 e. The van der Waals surface area contributed by atoms with E-state index in [2.05, 4.69) is 5.16 Å². The van der Waals surface area contributed by atoms with Crippen molar-refractivity contribution in [3.63, 3.8) is 0 Å². The Morgan fingerprint density at radius 1 is 1.50 bits per heavy atom. The van der Waals surface area contributed by atoms with E-state index in [-0.39, 0.29) is 11.3 Å². The summed E-state index contributed by atoms with van der Waals surface area (Å²) in [5, 5.41) is 12.6. The van der Waals surface area contributed by atoms with Crippen LogP contribution >= 0.6 is 0 Å². The van der Waals surface area contributed by atoms with Gasteiger partial charge in [0.05, 0.1) is 18.9 Å². The average molecular weight is 247 g/mol. The van der Waals surface area contributed by atoms with Gasteiger partial charge in [-0.1, -0.05) is 18.1 Å². The van der Waals surface area contributed by atoms with E-state index in [0.29, 0.717) is 11.3 Å². The maximum absolute atomic E-state index is 11.1. The highest BCUT2D eigenvalue weighted by atomic mass is 16.5. The molecule has 1 aromatic heterocycles. The summed E-state index contributed by atoms with van der Waals surface area (Å²) in [5.74, 6) is -0.295. The Morgan fingerprint density at radius 2 is 2.28 bits per heavy atom. The van der Waals surface area contributed by atoms with Gasteiger partial charge < -0.3 is 14.4 Å². The van der Waals surface area contributed by atoms with Gasteiger partial charge in [0, 0.05) is 0 Å². The van der Waals surface area contributed by atoms with E-state index in [0.717, 1.165) is 12.0 Å². The zero-order valence-corrected chi connectivity index (χ0v) is 10.1. The molecule has 0 fully saturated rings. The van der Waals surface area contributed by atoms with Crippen LogP contribution in [0.15, 0.2) is 28.9 Å². The van der Waals surface area contributed by atoms with E-state index in [1.807, 2.05) is 19.1 Å². The minimum atomic E-state index is -1.07. The quantitative estimate of drug-likeness (QED) is 0.899. The molecule has 1 heterocycles. The van der Waals surface area contributed by atoms with Crippen molar-refractivity contribution in [3.05, 3.63) is 35.5 Å². The number of aryl methyl sites for hydroxylation is 1. The second-order valence-corrected chi connectivity index (χ2v) is 3.76. The van der Waals surface area contributed by atoms with Crippen molar-refractivity contribution in [1.82, 2.24) is 5.16 Å². The summed E-state index contributed by atoms with van der Waals surface area (Å²) in [6.07, 6.45) is 2.03. The molecular weight excluding hydrogens is 234 g/mol. The fourth-order valence-corrected chi connectivity index (χ4v) is 1.74. The second-order valence-electron chi connectivity index (χ2n) is 3.76. The zero-order valence-electron chi connectivity index (χ0n) is 10.1. The standard InChI is InChI=1S/C13H13NO4/c1-3-8-4-5-11(17-2)9(6-8)12-10(13(15)16)7-14-18-12/h4-7H,3H2,1-2H3,(H,15,16). The predicted molar refractivity (Wildman–Crippen MR) is 64.8 cm³/mol. The molecule has 0 saturated carbocycles. The topological polar surface area (TPSA) is 72.6 Å². The Morgan fingerprint density at radius 3 is 2.89 bits per heavy atom. The normalized spacial score (nSPS) is 10.3. The summed E-state index contributed by atoms with van der Waals surface area (Å²) in [6, 6.07) is 5.58. The van der Waals surface area contributed by atoms with Crippen LogP contribution in [0.3, 0.4) is 0 Å². The number of aromatic carboxylic acids is 1. The number of carboxylic acid groups (broad SMARTS) is 1. The monoisotopic (exact) mass is 247 g/mol. The molecule has 94 valence electrons.